The molecule has 110 valence electrons. The summed E-state index contributed by atoms with van der Waals surface area (Å²) >= 11 is 0. The minimum atomic E-state index is -1.72. The van der Waals surface area contributed by atoms with Crippen molar-refractivity contribution in [3.05, 3.63) is 29.6 Å². The molecule has 0 fully saturated rings. The Morgan fingerprint density at radius 2 is 1.75 bits per heavy atom. The van der Waals surface area contributed by atoms with E-state index in [4.69, 9.17) is 5.11 Å². The maximum atomic E-state index is 13.3. The van der Waals surface area contributed by atoms with Gasteiger partial charge in [-0.2, -0.15) is 0 Å². The van der Waals surface area contributed by atoms with Gasteiger partial charge in [-0.3, -0.25) is 0 Å². The van der Waals surface area contributed by atoms with Gasteiger partial charge in [0.1, 0.15) is 6.04 Å². The lowest BCUT2D eigenvalue weighted by Crippen LogP contribution is -2.46. The fraction of sp³-hybridized carbons (Fsp3) is 0.333. The number of aliphatic carboxylic acids is 1. The van der Waals surface area contributed by atoms with Crippen molar-refractivity contribution < 1.29 is 27.9 Å². The van der Waals surface area contributed by atoms with Crippen LogP contribution in [0.5, 0.6) is 0 Å². The van der Waals surface area contributed by atoms with E-state index in [2.05, 4.69) is 5.32 Å². The molecule has 0 saturated heterocycles. The normalized spacial score (nSPS) is 12.1. The van der Waals surface area contributed by atoms with Crippen LogP contribution in [0.2, 0.25) is 0 Å². The van der Waals surface area contributed by atoms with Gasteiger partial charge in [0.15, 0.2) is 17.5 Å². The van der Waals surface area contributed by atoms with E-state index in [0.29, 0.717) is 6.07 Å². The molecule has 20 heavy (non-hydrogen) atoms. The summed E-state index contributed by atoms with van der Waals surface area (Å²) < 4.78 is 38.9. The van der Waals surface area contributed by atoms with Gasteiger partial charge in [-0.05, 0) is 18.1 Å². The van der Waals surface area contributed by atoms with E-state index in [1.807, 2.05) is 5.32 Å². The van der Waals surface area contributed by atoms with Gasteiger partial charge in [-0.1, -0.05) is 13.8 Å². The first-order chi connectivity index (χ1) is 9.23. The first-order valence-electron chi connectivity index (χ1n) is 5.67. The minimum Gasteiger partial charge on any atom is -0.480 e. The lowest BCUT2D eigenvalue weighted by molar-refractivity contribution is -0.140. The maximum absolute atomic E-state index is 13.3. The fourth-order valence-electron chi connectivity index (χ4n) is 1.44. The van der Waals surface area contributed by atoms with Gasteiger partial charge in [-0.15, -0.1) is 0 Å². The zero-order chi connectivity index (χ0) is 15.4. The lowest BCUT2D eigenvalue weighted by Gasteiger charge is -2.18. The standard InChI is InChI=1S/C12H13F3N2O3/c1-5(2)10(11(18)19)17-12(20)16-7-4-3-6(13)8(14)9(7)15/h3-5,10H,1-2H3,(H,18,19)(H2,16,17,20)/t10-/m0/s1. The summed E-state index contributed by atoms with van der Waals surface area (Å²) in [6.07, 6.45) is 0. The molecule has 8 heteroatoms. The van der Waals surface area contributed by atoms with Gasteiger partial charge in [0.25, 0.3) is 0 Å². The van der Waals surface area contributed by atoms with Gasteiger partial charge in [0, 0.05) is 0 Å². The predicted molar refractivity (Wildman–Crippen MR) is 64.7 cm³/mol. The Kier molecular flexibility index (Phi) is 4.95. The molecule has 0 unspecified atom stereocenters. The molecule has 2 amide bonds. The van der Waals surface area contributed by atoms with Crippen LogP contribution in [-0.4, -0.2) is 23.1 Å². The molecule has 0 aliphatic carbocycles. The molecule has 0 aromatic heterocycles. The molecular formula is C12H13F3N2O3. The number of anilines is 1. The minimum absolute atomic E-state index is 0.409. The number of benzene rings is 1. The van der Waals surface area contributed by atoms with Gasteiger partial charge in [-0.25, -0.2) is 22.8 Å². The third-order valence-electron chi connectivity index (χ3n) is 2.50. The summed E-state index contributed by atoms with van der Waals surface area (Å²) in [5.41, 5.74) is -0.589. The zero-order valence-corrected chi connectivity index (χ0v) is 10.7. The summed E-state index contributed by atoms with van der Waals surface area (Å²) in [4.78, 5) is 22.4. The van der Waals surface area contributed by atoms with E-state index in [-0.39, 0.29) is 0 Å². The highest BCUT2D eigenvalue weighted by Crippen LogP contribution is 2.19. The number of nitrogens with one attached hydrogen (secondary N) is 2. The van der Waals surface area contributed by atoms with Crippen LogP contribution in [-0.2, 0) is 4.79 Å². The number of hydrogen-bond donors (Lipinski definition) is 3. The Hall–Kier alpha value is -2.25. The van der Waals surface area contributed by atoms with Crippen molar-refractivity contribution in [2.75, 3.05) is 5.32 Å². The molecule has 3 N–H and O–H groups in total. The van der Waals surface area contributed by atoms with Crippen molar-refractivity contribution in [1.82, 2.24) is 5.32 Å². The SMILES string of the molecule is CC(C)[C@H](NC(=O)Nc1ccc(F)c(F)c1F)C(=O)O. The summed E-state index contributed by atoms with van der Waals surface area (Å²) in [5, 5.41) is 12.9. The Morgan fingerprint density at radius 1 is 1.15 bits per heavy atom. The Balaban J connectivity index is 2.81. The fourth-order valence-corrected chi connectivity index (χ4v) is 1.44. The van der Waals surface area contributed by atoms with Gasteiger partial charge < -0.3 is 15.7 Å². The summed E-state index contributed by atoms with van der Waals surface area (Å²) in [7, 11) is 0. The van der Waals surface area contributed by atoms with Gasteiger partial charge in [0.05, 0.1) is 5.69 Å². The number of hydrogen-bond acceptors (Lipinski definition) is 2. The molecule has 0 spiro atoms. The number of amides is 2. The van der Waals surface area contributed by atoms with Crippen LogP contribution >= 0.6 is 0 Å². The number of urea groups is 1. The highest BCUT2D eigenvalue weighted by molar-refractivity contribution is 5.92. The molecule has 0 saturated carbocycles. The van der Waals surface area contributed by atoms with Crippen LogP contribution in [0.4, 0.5) is 23.7 Å². The van der Waals surface area contributed by atoms with Crippen LogP contribution in [0.3, 0.4) is 0 Å². The molecule has 0 radical (unpaired) electrons. The van der Waals surface area contributed by atoms with Crippen LogP contribution in [0, 0.1) is 23.4 Å². The van der Waals surface area contributed by atoms with Crippen LogP contribution in [0.1, 0.15) is 13.8 Å². The van der Waals surface area contributed by atoms with Crippen molar-refractivity contribution in [2.45, 2.75) is 19.9 Å². The smallest absolute Gasteiger partial charge is 0.326 e. The predicted octanol–water partition coefficient (Wildman–Crippen LogP) is 2.33. The summed E-state index contributed by atoms with van der Waals surface area (Å²) in [6, 6.07) is -0.747. The largest absolute Gasteiger partial charge is 0.480 e. The zero-order valence-electron chi connectivity index (χ0n) is 10.7. The van der Waals surface area contributed by atoms with E-state index in [0.717, 1.165) is 6.07 Å². The molecule has 1 aromatic rings. The summed E-state index contributed by atoms with van der Waals surface area (Å²) in [5.74, 6) is -6.34. The molecule has 1 rings (SSSR count). The number of carboxylic acids is 1. The second-order valence-electron chi connectivity index (χ2n) is 4.38. The number of carbonyl (C=O) groups is 2. The van der Waals surface area contributed by atoms with E-state index in [1.54, 1.807) is 13.8 Å². The first-order valence-corrected chi connectivity index (χ1v) is 5.67. The van der Waals surface area contributed by atoms with E-state index >= 15 is 0 Å². The number of halogens is 3. The third-order valence-corrected chi connectivity index (χ3v) is 2.50. The molecule has 5 nitrogen and oxygen atoms in total. The van der Waals surface area contributed by atoms with Crippen molar-refractivity contribution in [1.29, 1.82) is 0 Å². The molecular weight excluding hydrogens is 277 g/mol. The maximum Gasteiger partial charge on any atom is 0.326 e. The molecule has 0 aliphatic rings. The van der Waals surface area contributed by atoms with E-state index in [9.17, 15) is 22.8 Å². The third kappa shape index (κ3) is 3.62. The van der Waals surface area contributed by atoms with Crippen LogP contribution < -0.4 is 10.6 Å². The number of carbonyl (C=O) groups excluding carboxylic acids is 1. The quantitative estimate of drug-likeness (QED) is 0.745. The Morgan fingerprint density at radius 3 is 2.25 bits per heavy atom. The van der Waals surface area contributed by atoms with E-state index < -0.39 is 47.1 Å². The lowest BCUT2D eigenvalue weighted by atomic mass is 10.1. The van der Waals surface area contributed by atoms with Crippen LogP contribution in [0.15, 0.2) is 12.1 Å². The molecule has 1 atom stereocenters. The Labute approximate surface area is 112 Å². The monoisotopic (exact) mass is 290 g/mol. The summed E-state index contributed by atoms with van der Waals surface area (Å²) in [6.45, 7) is 3.13. The van der Waals surface area contributed by atoms with Crippen LogP contribution in [0.25, 0.3) is 0 Å². The van der Waals surface area contributed by atoms with E-state index in [1.165, 1.54) is 0 Å². The molecule has 0 bridgehead atoms. The van der Waals surface area contributed by atoms with Crippen molar-refractivity contribution in [2.24, 2.45) is 5.92 Å². The van der Waals surface area contributed by atoms with Crippen molar-refractivity contribution in [3.63, 3.8) is 0 Å². The molecule has 0 aliphatic heterocycles. The number of rotatable bonds is 4. The van der Waals surface area contributed by atoms with Gasteiger partial charge >= 0.3 is 12.0 Å². The number of carboxylic acid groups (broad SMARTS) is 1. The topological polar surface area (TPSA) is 78.4 Å². The molecule has 1 aromatic carbocycles. The average Bonchev–Trinajstić information content (AvgIpc) is 2.36. The highest BCUT2D eigenvalue weighted by atomic mass is 19.2. The first kappa shape index (κ1) is 15.8. The van der Waals surface area contributed by atoms with Crippen molar-refractivity contribution in [3.8, 4) is 0 Å². The second-order valence-corrected chi connectivity index (χ2v) is 4.38. The highest BCUT2D eigenvalue weighted by Gasteiger charge is 2.24. The Bertz CT molecular complexity index is 535. The average molecular weight is 290 g/mol. The molecule has 0 heterocycles. The second kappa shape index (κ2) is 6.27. The van der Waals surface area contributed by atoms with Crippen molar-refractivity contribution >= 4 is 17.7 Å². The van der Waals surface area contributed by atoms with Gasteiger partial charge in [0.2, 0.25) is 0 Å².